The molecule has 0 radical (unpaired) electrons. The molecule has 0 atom stereocenters. The first kappa shape index (κ1) is 8.81. The monoisotopic (exact) mass is 177 g/mol. The molecule has 0 aromatic heterocycles. The molecule has 64 valence electrons. The van der Waals surface area contributed by atoms with Gasteiger partial charge in [0.25, 0.3) is 0 Å². The van der Waals surface area contributed by atoms with E-state index in [0.717, 1.165) is 25.7 Å². The van der Waals surface area contributed by atoms with E-state index in [1.165, 1.54) is 7.11 Å². The lowest BCUT2D eigenvalue weighted by atomic mass is 10.00. The molecule has 1 saturated carbocycles. The number of carbonyl (C=O) groups is 1. The predicted molar refractivity (Wildman–Crippen MR) is 42.2 cm³/mol. The lowest BCUT2D eigenvalue weighted by Crippen LogP contribution is -2.46. The molecule has 0 amide bonds. The Morgan fingerprint density at radius 1 is 1.55 bits per heavy atom. The van der Waals surface area contributed by atoms with E-state index in [1.54, 1.807) is 0 Å². The molecular weight excluding hydrogens is 166 g/mol. The van der Waals surface area contributed by atoms with E-state index >= 15 is 0 Å². The molecule has 1 aliphatic carbocycles. The average Bonchev–Trinajstić information content (AvgIpc) is 2.52. The van der Waals surface area contributed by atoms with Crippen LogP contribution in [0.5, 0.6) is 0 Å². The van der Waals surface area contributed by atoms with Crippen LogP contribution in [0.15, 0.2) is 0 Å². The van der Waals surface area contributed by atoms with Crippen molar-refractivity contribution in [2.45, 2.75) is 31.2 Å². The van der Waals surface area contributed by atoms with Crippen molar-refractivity contribution >= 4 is 17.7 Å². The minimum Gasteiger partial charge on any atom is -0.468 e. The standard InChI is InChI=1S/C7H12ClNO2/c1-11-6(10)7(9-8)4-2-3-5-7/h9H,2-5H2,1H3. The van der Waals surface area contributed by atoms with Gasteiger partial charge in [-0.2, -0.15) is 0 Å². The van der Waals surface area contributed by atoms with E-state index in [1.807, 2.05) is 0 Å². The van der Waals surface area contributed by atoms with Crippen LogP contribution >= 0.6 is 11.8 Å². The van der Waals surface area contributed by atoms with Crippen LogP contribution in [0.4, 0.5) is 0 Å². The Morgan fingerprint density at radius 3 is 2.45 bits per heavy atom. The number of hydrogen-bond donors (Lipinski definition) is 1. The minimum atomic E-state index is -0.601. The van der Waals surface area contributed by atoms with Gasteiger partial charge >= 0.3 is 5.97 Å². The van der Waals surface area contributed by atoms with Crippen molar-refractivity contribution in [1.82, 2.24) is 4.84 Å². The zero-order chi connectivity index (χ0) is 8.32. The average molecular weight is 178 g/mol. The molecule has 0 spiro atoms. The maximum atomic E-state index is 11.2. The smallest absolute Gasteiger partial charge is 0.327 e. The molecule has 0 aromatic carbocycles. The Hall–Kier alpha value is -0.280. The van der Waals surface area contributed by atoms with E-state index in [2.05, 4.69) is 9.57 Å². The van der Waals surface area contributed by atoms with Gasteiger partial charge < -0.3 is 4.74 Å². The first-order valence-electron chi connectivity index (χ1n) is 3.71. The molecule has 3 nitrogen and oxygen atoms in total. The van der Waals surface area contributed by atoms with Gasteiger partial charge in [0.2, 0.25) is 0 Å². The number of methoxy groups -OCH3 is 1. The first-order valence-corrected chi connectivity index (χ1v) is 4.09. The van der Waals surface area contributed by atoms with Crippen molar-refractivity contribution in [2.24, 2.45) is 0 Å². The second-order valence-electron chi connectivity index (χ2n) is 2.88. The summed E-state index contributed by atoms with van der Waals surface area (Å²) in [5.74, 6) is -0.245. The highest BCUT2D eigenvalue weighted by Crippen LogP contribution is 2.30. The van der Waals surface area contributed by atoms with Gasteiger partial charge in [-0.25, -0.2) is 4.84 Å². The lowest BCUT2D eigenvalue weighted by Gasteiger charge is -2.22. The van der Waals surface area contributed by atoms with E-state index in [-0.39, 0.29) is 5.97 Å². The van der Waals surface area contributed by atoms with E-state index in [0.29, 0.717) is 0 Å². The number of rotatable bonds is 2. The molecule has 1 N–H and O–H groups in total. The molecule has 0 heterocycles. The summed E-state index contributed by atoms with van der Waals surface area (Å²) in [6.45, 7) is 0. The summed E-state index contributed by atoms with van der Waals surface area (Å²) in [6, 6.07) is 0. The van der Waals surface area contributed by atoms with Crippen molar-refractivity contribution < 1.29 is 9.53 Å². The Bertz CT molecular complexity index is 155. The molecule has 0 bridgehead atoms. The summed E-state index contributed by atoms with van der Waals surface area (Å²) in [7, 11) is 1.39. The van der Waals surface area contributed by atoms with Gasteiger partial charge in [0.05, 0.1) is 7.11 Å². The Morgan fingerprint density at radius 2 is 2.09 bits per heavy atom. The van der Waals surface area contributed by atoms with Gasteiger partial charge in [0, 0.05) is 0 Å². The summed E-state index contributed by atoms with van der Waals surface area (Å²) >= 11 is 5.49. The van der Waals surface area contributed by atoms with Crippen LogP contribution < -0.4 is 4.84 Å². The SMILES string of the molecule is COC(=O)C1(NCl)CCCC1. The van der Waals surface area contributed by atoms with Crippen LogP contribution in [0.1, 0.15) is 25.7 Å². The van der Waals surface area contributed by atoms with Crippen LogP contribution in [0.3, 0.4) is 0 Å². The van der Waals surface area contributed by atoms with Crippen molar-refractivity contribution in [3.63, 3.8) is 0 Å². The first-order chi connectivity index (χ1) is 5.25. The van der Waals surface area contributed by atoms with Gasteiger partial charge in [-0.1, -0.05) is 12.8 Å². The number of esters is 1. The van der Waals surface area contributed by atoms with Gasteiger partial charge in [0.1, 0.15) is 5.54 Å². The maximum absolute atomic E-state index is 11.2. The van der Waals surface area contributed by atoms with Crippen molar-refractivity contribution in [3.05, 3.63) is 0 Å². The molecule has 1 rings (SSSR count). The summed E-state index contributed by atoms with van der Waals surface area (Å²) in [5.41, 5.74) is -0.601. The predicted octanol–water partition coefficient (Wildman–Crippen LogP) is 1.22. The van der Waals surface area contributed by atoms with E-state index in [4.69, 9.17) is 11.8 Å². The molecule has 1 fully saturated rings. The Kier molecular flexibility index (Phi) is 2.73. The van der Waals surface area contributed by atoms with Crippen LogP contribution in [-0.2, 0) is 9.53 Å². The van der Waals surface area contributed by atoms with Gasteiger partial charge in [-0.15, -0.1) is 0 Å². The number of carbonyl (C=O) groups excluding carboxylic acids is 1. The highest BCUT2D eigenvalue weighted by Gasteiger charge is 2.41. The van der Waals surface area contributed by atoms with Gasteiger partial charge in [-0.3, -0.25) is 4.79 Å². The van der Waals surface area contributed by atoms with Gasteiger partial charge in [-0.05, 0) is 24.6 Å². The zero-order valence-electron chi connectivity index (χ0n) is 6.52. The van der Waals surface area contributed by atoms with Crippen molar-refractivity contribution in [1.29, 1.82) is 0 Å². The van der Waals surface area contributed by atoms with Crippen LogP contribution in [0.2, 0.25) is 0 Å². The largest absolute Gasteiger partial charge is 0.468 e. The second-order valence-corrected chi connectivity index (χ2v) is 3.06. The molecule has 0 saturated heterocycles. The fourth-order valence-corrected chi connectivity index (χ4v) is 1.78. The summed E-state index contributed by atoms with van der Waals surface area (Å²) in [6.07, 6.45) is 3.63. The maximum Gasteiger partial charge on any atom is 0.327 e. The Balaban J connectivity index is 2.66. The van der Waals surface area contributed by atoms with Crippen LogP contribution in [0.25, 0.3) is 0 Å². The summed E-state index contributed by atoms with van der Waals surface area (Å²) < 4.78 is 4.64. The number of nitrogens with one attached hydrogen (secondary N) is 1. The fraction of sp³-hybridized carbons (Fsp3) is 0.857. The number of ether oxygens (including phenoxy) is 1. The van der Waals surface area contributed by atoms with Crippen molar-refractivity contribution in [3.8, 4) is 0 Å². The molecule has 0 aliphatic heterocycles. The molecule has 1 aliphatic rings. The number of halogens is 1. The third-order valence-electron chi connectivity index (χ3n) is 2.21. The highest BCUT2D eigenvalue weighted by atomic mass is 35.5. The van der Waals surface area contributed by atoms with E-state index in [9.17, 15) is 4.79 Å². The van der Waals surface area contributed by atoms with Crippen molar-refractivity contribution in [2.75, 3.05) is 7.11 Å². The number of hydrogen-bond acceptors (Lipinski definition) is 3. The fourth-order valence-electron chi connectivity index (χ4n) is 1.51. The second kappa shape index (κ2) is 3.41. The summed E-state index contributed by atoms with van der Waals surface area (Å²) in [5, 5.41) is 0. The quantitative estimate of drug-likeness (QED) is 0.509. The normalized spacial score (nSPS) is 21.6. The zero-order valence-corrected chi connectivity index (χ0v) is 7.28. The topological polar surface area (TPSA) is 38.3 Å². The van der Waals surface area contributed by atoms with Crippen LogP contribution in [-0.4, -0.2) is 18.6 Å². The lowest BCUT2D eigenvalue weighted by molar-refractivity contribution is -0.147. The highest BCUT2D eigenvalue weighted by molar-refractivity contribution is 6.15. The molecule has 0 unspecified atom stereocenters. The Labute approximate surface area is 71.2 Å². The van der Waals surface area contributed by atoms with Crippen LogP contribution in [0, 0.1) is 0 Å². The third-order valence-corrected chi connectivity index (χ3v) is 2.58. The third kappa shape index (κ3) is 1.49. The van der Waals surface area contributed by atoms with E-state index < -0.39 is 5.54 Å². The molecule has 11 heavy (non-hydrogen) atoms. The molecular formula is C7H12ClNO2. The van der Waals surface area contributed by atoms with Gasteiger partial charge in [0.15, 0.2) is 0 Å². The molecule has 4 heteroatoms. The minimum absolute atomic E-state index is 0.245. The summed E-state index contributed by atoms with van der Waals surface area (Å²) in [4.78, 5) is 13.7. The molecule has 0 aromatic rings.